The van der Waals surface area contributed by atoms with E-state index in [0.29, 0.717) is 19.4 Å². The molecule has 7 heteroatoms. The van der Waals surface area contributed by atoms with Crippen LogP contribution in [0.25, 0.3) is 10.6 Å². The van der Waals surface area contributed by atoms with Crippen LogP contribution in [0.4, 0.5) is 0 Å². The van der Waals surface area contributed by atoms with E-state index < -0.39 is 11.9 Å². The number of carbonyl (C=O) groups excluding carboxylic acids is 1. The Bertz CT molecular complexity index is 722. The summed E-state index contributed by atoms with van der Waals surface area (Å²) in [5.74, 6) is -1.85. The Kier molecular flexibility index (Phi) is 4.77. The quantitative estimate of drug-likeness (QED) is 0.839. The van der Waals surface area contributed by atoms with Crippen molar-refractivity contribution in [3.8, 4) is 10.6 Å². The van der Waals surface area contributed by atoms with E-state index in [1.54, 1.807) is 22.7 Å². The number of aliphatic carboxylic acids is 1. The summed E-state index contributed by atoms with van der Waals surface area (Å²) < 4.78 is 0. The minimum atomic E-state index is -0.863. The Balaban J connectivity index is 1.49. The number of hydrogen-bond donors (Lipinski definition) is 2. The van der Waals surface area contributed by atoms with Crippen molar-refractivity contribution >= 4 is 34.6 Å². The van der Waals surface area contributed by atoms with Crippen LogP contribution in [0, 0.1) is 18.8 Å². The maximum atomic E-state index is 12.0. The fourth-order valence-electron chi connectivity index (χ4n) is 2.68. The predicted octanol–water partition coefficient (Wildman–Crippen LogP) is 2.95. The molecule has 5 nitrogen and oxygen atoms in total. The second-order valence-electron chi connectivity index (χ2n) is 5.69. The van der Waals surface area contributed by atoms with Gasteiger partial charge in [-0.2, -0.15) is 0 Å². The fourth-order valence-corrected chi connectivity index (χ4v) is 4.33. The van der Waals surface area contributed by atoms with Gasteiger partial charge < -0.3 is 10.4 Å². The average Bonchev–Trinajstić information content (AvgIpc) is 3.05. The van der Waals surface area contributed by atoms with Crippen molar-refractivity contribution in [3.05, 3.63) is 27.4 Å². The summed E-state index contributed by atoms with van der Waals surface area (Å²) in [6.45, 7) is 2.53. The molecule has 1 amide bonds. The minimum Gasteiger partial charge on any atom is -0.481 e. The molecule has 122 valence electrons. The van der Waals surface area contributed by atoms with Crippen molar-refractivity contribution in [2.45, 2.75) is 26.2 Å². The largest absolute Gasteiger partial charge is 0.481 e. The molecule has 2 N–H and O–H groups in total. The lowest BCUT2D eigenvalue weighted by atomic mass is 9.73. The number of carboxylic acid groups (broad SMARTS) is 1. The second kappa shape index (κ2) is 6.80. The molecule has 0 aromatic carbocycles. The maximum Gasteiger partial charge on any atom is 0.307 e. The lowest BCUT2D eigenvalue weighted by Gasteiger charge is -2.31. The molecular formula is C16H18N2O3S2. The number of nitrogens with zero attached hydrogens (tertiary/aromatic N) is 1. The molecule has 0 aliphatic heterocycles. The van der Waals surface area contributed by atoms with E-state index in [1.807, 2.05) is 6.92 Å². The van der Waals surface area contributed by atoms with Gasteiger partial charge in [0, 0.05) is 16.8 Å². The van der Waals surface area contributed by atoms with Crippen LogP contribution in [-0.4, -0.2) is 28.5 Å². The van der Waals surface area contributed by atoms with E-state index in [4.69, 9.17) is 5.11 Å². The molecule has 23 heavy (non-hydrogen) atoms. The summed E-state index contributed by atoms with van der Waals surface area (Å²) in [6, 6.07) is 4.12. The number of rotatable bonds is 6. The number of hydrogen-bond acceptors (Lipinski definition) is 5. The van der Waals surface area contributed by atoms with Gasteiger partial charge in [0.2, 0.25) is 5.91 Å². The summed E-state index contributed by atoms with van der Waals surface area (Å²) in [4.78, 5) is 29.7. The van der Waals surface area contributed by atoms with Gasteiger partial charge in [-0.05, 0) is 38.3 Å². The lowest BCUT2D eigenvalue weighted by molar-refractivity contribution is -0.152. The molecule has 2 unspecified atom stereocenters. The number of carbonyl (C=O) groups is 2. The standard InChI is InChI=1S/C16H18N2O3S2/c1-9-18-13(8-22-9)14-5-2-10(23-14)6-7-17-15(19)11-3-4-12(11)16(20)21/h2,5,8,11-12H,3-4,6-7H2,1H3,(H,17,19)(H,20,21). The van der Waals surface area contributed by atoms with Gasteiger partial charge in [0.1, 0.15) is 0 Å². The first-order chi connectivity index (χ1) is 11.0. The molecule has 0 bridgehead atoms. The Labute approximate surface area is 142 Å². The van der Waals surface area contributed by atoms with Gasteiger partial charge in [-0.25, -0.2) is 4.98 Å². The molecule has 1 fully saturated rings. The van der Waals surface area contributed by atoms with Crippen molar-refractivity contribution in [3.63, 3.8) is 0 Å². The van der Waals surface area contributed by atoms with E-state index in [0.717, 1.165) is 22.0 Å². The van der Waals surface area contributed by atoms with Crippen LogP contribution in [0.1, 0.15) is 22.7 Å². The molecule has 1 saturated carbocycles. The van der Waals surface area contributed by atoms with Crippen LogP contribution >= 0.6 is 22.7 Å². The van der Waals surface area contributed by atoms with E-state index in [9.17, 15) is 9.59 Å². The number of aryl methyl sites for hydroxylation is 1. The highest BCUT2D eigenvalue weighted by Gasteiger charge is 2.41. The van der Waals surface area contributed by atoms with Gasteiger partial charge in [0.15, 0.2) is 0 Å². The Morgan fingerprint density at radius 1 is 1.35 bits per heavy atom. The monoisotopic (exact) mass is 350 g/mol. The SMILES string of the molecule is Cc1nc(-c2ccc(CCNC(=O)C3CCC3C(=O)O)s2)cs1. The third kappa shape index (κ3) is 3.61. The summed E-state index contributed by atoms with van der Waals surface area (Å²) in [5, 5.41) is 14.9. The van der Waals surface area contributed by atoms with E-state index in [1.165, 1.54) is 4.88 Å². The highest BCUT2D eigenvalue weighted by Crippen LogP contribution is 2.34. The third-order valence-electron chi connectivity index (χ3n) is 4.13. The highest BCUT2D eigenvalue weighted by atomic mass is 32.1. The predicted molar refractivity (Wildman–Crippen MR) is 90.7 cm³/mol. The van der Waals surface area contributed by atoms with Crippen LogP contribution < -0.4 is 5.32 Å². The third-order valence-corrected chi connectivity index (χ3v) is 6.07. The van der Waals surface area contributed by atoms with Crippen molar-refractivity contribution in [1.29, 1.82) is 0 Å². The Morgan fingerprint density at radius 3 is 2.74 bits per heavy atom. The van der Waals surface area contributed by atoms with E-state index in [2.05, 4.69) is 27.8 Å². The van der Waals surface area contributed by atoms with E-state index in [-0.39, 0.29) is 11.8 Å². The maximum absolute atomic E-state index is 12.0. The molecule has 2 aromatic rings. The molecular weight excluding hydrogens is 332 g/mol. The zero-order valence-corrected chi connectivity index (χ0v) is 14.4. The van der Waals surface area contributed by atoms with Gasteiger partial charge in [0.05, 0.1) is 27.4 Å². The molecule has 3 rings (SSSR count). The van der Waals surface area contributed by atoms with Gasteiger partial charge in [-0.1, -0.05) is 0 Å². The van der Waals surface area contributed by atoms with Crippen LogP contribution in [-0.2, 0) is 16.0 Å². The first-order valence-corrected chi connectivity index (χ1v) is 9.26. The first kappa shape index (κ1) is 16.1. The number of aromatic nitrogens is 1. The number of nitrogens with one attached hydrogen (secondary N) is 1. The van der Waals surface area contributed by atoms with Gasteiger partial charge >= 0.3 is 5.97 Å². The molecule has 1 aliphatic rings. The topological polar surface area (TPSA) is 79.3 Å². The van der Waals surface area contributed by atoms with Crippen LogP contribution in [0.3, 0.4) is 0 Å². The van der Waals surface area contributed by atoms with E-state index >= 15 is 0 Å². The van der Waals surface area contributed by atoms with Gasteiger partial charge in [0.25, 0.3) is 0 Å². The Morgan fingerprint density at radius 2 is 2.13 bits per heavy atom. The molecule has 2 atom stereocenters. The first-order valence-electron chi connectivity index (χ1n) is 7.56. The van der Waals surface area contributed by atoms with Crippen molar-refractivity contribution in [2.24, 2.45) is 11.8 Å². The number of amides is 1. The summed E-state index contributed by atoms with van der Waals surface area (Å²) in [5.41, 5.74) is 1.01. The minimum absolute atomic E-state index is 0.129. The van der Waals surface area contributed by atoms with Crippen LogP contribution in [0.15, 0.2) is 17.5 Å². The van der Waals surface area contributed by atoms with Crippen molar-refractivity contribution in [1.82, 2.24) is 10.3 Å². The molecule has 2 aromatic heterocycles. The molecule has 2 heterocycles. The molecule has 0 spiro atoms. The summed E-state index contributed by atoms with van der Waals surface area (Å²) in [6.07, 6.45) is 2.04. The molecule has 0 radical (unpaired) electrons. The smallest absolute Gasteiger partial charge is 0.307 e. The molecule has 1 aliphatic carbocycles. The number of thiazole rings is 1. The summed E-state index contributed by atoms with van der Waals surface area (Å²) in [7, 11) is 0. The zero-order valence-electron chi connectivity index (χ0n) is 12.7. The highest BCUT2D eigenvalue weighted by molar-refractivity contribution is 7.16. The van der Waals surface area contributed by atoms with Gasteiger partial charge in [-0.3, -0.25) is 9.59 Å². The van der Waals surface area contributed by atoms with Crippen molar-refractivity contribution in [2.75, 3.05) is 6.54 Å². The lowest BCUT2D eigenvalue weighted by Crippen LogP contribution is -2.44. The Hall–Kier alpha value is -1.73. The fraction of sp³-hybridized carbons (Fsp3) is 0.438. The van der Waals surface area contributed by atoms with Gasteiger partial charge in [-0.15, -0.1) is 22.7 Å². The van der Waals surface area contributed by atoms with Crippen LogP contribution in [0.2, 0.25) is 0 Å². The number of carboxylic acids is 1. The zero-order chi connectivity index (χ0) is 16.4. The van der Waals surface area contributed by atoms with Crippen LogP contribution in [0.5, 0.6) is 0 Å². The normalized spacial score (nSPS) is 20.0. The number of thiophene rings is 1. The molecule has 0 saturated heterocycles. The second-order valence-corrected chi connectivity index (χ2v) is 7.92. The summed E-state index contributed by atoms with van der Waals surface area (Å²) >= 11 is 3.32. The average molecular weight is 350 g/mol. The van der Waals surface area contributed by atoms with Crippen molar-refractivity contribution < 1.29 is 14.7 Å².